The fourth-order valence-corrected chi connectivity index (χ4v) is 4.94. The highest BCUT2D eigenvalue weighted by Gasteiger charge is 2.31. The van der Waals surface area contributed by atoms with E-state index >= 15 is 0 Å². The van der Waals surface area contributed by atoms with E-state index in [2.05, 4.69) is 0 Å². The predicted molar refractivity (Wildman–Crippen MR) is 110 cm³/mol. The molecule has 2 aromatic carbocycles. The number of carbonyl (C=O) groups excluding carboxylic acids is 1. The van der Waals surface area contributed by atoms with Crippen LogP contribution in [0.25, 0.3) is 0 Å². The van der Waals surface area contributed by atoms with E-state index in [0.717, 1.165) is 0 Å². The molecule has 30 heavy (non-hydrogen) atoms. The van der Waals surface area contributed by atoms with Gasteiger partial charge in [0.1, 0.15) is 5.82 Å². The number of carbonyl (C=O) groups is 1. The fraction of sp³-hybridized carbons (Fsp3) is 0.350. The van der Waals surface area contributed by atoms with Crippen molar-refractivity contribution in [2.24, 2.45) is 0 Å². The van der Waals surface area contributed by atoms with E-state index in [1.165, 1.54) is 59.8 Å². The molecule has 0 spiro atoms. The van der Waals surface area contributed by atoms with E-state index in [-0.39, 0.29) is 54.0 Å². The molecule has 1 fully saturated rings. The van der Waals surface area contributed by atoms with E-state index in [1.807, 2.05) is 0 Å². The molecule has 0 radical (unpaired) electrons. The van der Waals surface area contributed by atoms with Gasteiger partial charge in [-0.1, -0.05) is 17.7 Å². The Bertz CT molecular complexity index is 1020. The van der Waals surface area contributed by atoms with E-state index in [1.54, 1.807) is 0 Å². The zero-order valence-corrected chi connectivity index (χ0v) is 18.2. The number of piperazine rings is 1. The van der Waals surface area contributed by atoms with Crippen LogP contribution < -0.4 is 9.47 Å². The normalized spacial score (nSPS) is 15.1. The molecule has 1 aliphatic heterocycles. The molecule has 3 rings (SSSR count). The highest BCUT2D eigenvalue weighted by atomic mass is 35.5. The summed E-state index contributed by atoms with van der Waals surface area (Å²) in [7, 11) is -0.862. The van der Waals surface area contributed by atoms with E-state index in [9.17, 15) is 17.6 Å². The lowest BCUT2D eigenvalue weighted by Crippen LogP contribution is -2.50. The molecule has 1 saturated heterocycles. The van der Waals surface area contributed by atoms with Crippen LogP contribution in [-0.2, 0) is 21.2 Å². The van der Waals surface area contributed by atoms with E-state index in [0.29, 0.717) is 11.5 Å². The molecule has 10 heteroatoms. The van der Waals surface area contributed by atoms with Crippen molar-refractivity contribution in [2.45, 2.75) is 11.3 Å². The Hall–Kier alpha value is -2.36. The maximum absolute atomic E-state index is 13.9. The summed E-state index contributed by atoms with van der Waals surface area (Å²) in [5, 5.41) is 0.193. The number of amides is 1. The van der Waals surface area contributed by atoms with Gasteiger partial charge in [0, 0.05) is 42.8 Å². The molecule has 2 aromatic rings. The monoisotopic (exact) mass is 456 g/mol. The summed E-state index contributed by atoms with van der Waals surface area (Å²) < 4.78 is 51.5. The molecule has 1 heterocycles. The molecule has 7 nitrogen and oxygen atoms in total. The van der Waals surface area contributed by atoms with Gasteiger partial charge in [-0.05, 0) is 24.3 Å². The minimum absolute atomic E-state index is 0.0815. The Kier molecular flexibility index (Phi) is 6.84. The van der Waals surface area contributed by atoms with Crippen LogP contribution in [0.2, 0.25) is 5.02 Å². The molecular weight excluding hydrogens is 435 g/mol. The van der Waals surface area contributed by atoms with Crippen molar-refractivity contribution < 1.29 is 27.1 Å². The summed E-state index contributed by atoms with van der Waals surface area (Å²) in [5.74, 6) is -0.0940. The zero-order valence-electron chi connectivity index (χ0n) is 16.6. The van der Waals surface area contributed by atoms with Crippen LogP contribution in [0, 0.1) is 5.82 Å². The van der Waals surface area contributed by atoms with Gasteiger partial charge in [0.2, 0.25) is 15.9 Å². The zero-order chi connectivity index (χ0) is 21.9. The number of ether oxygens (including phenoxy) is 2. The van der Waals surface area contributed by atoms with Gasteiger partial charge in [-0.15, -0.1) is 0 Å². The second-order valence-corrected chi connectivity index (χ2v) is 9.02. The number of rotatable bonds is 6. The minimum Gasteiger partial charge on any atom is -0.493 e. The Labute approximate surface area is 180 Å². The minimum atomic E-state index is -3.76. The number of halogens is 2. The molecule has 0 aromatic heterocycles. The third-order valence-corrected chi connectivity index (χ3v) is 7.22. The smallest absolute Gasteiger partial charge is 0.243 e. The highest BCUT2D eigenvalue weighted by Crippen LogP contribution is 2.31. The lowest BCUT2D eigenvalue weighted by molar-refractivity contribution is -0.131. The largest absolute Gasteiger partial charge is 0.493 e. The molecule has 1 aliphatic rings. The van der Waals surface area contributed by atoms with Crippen LogP contribution >= 0.6 is 11.6 Å². The maximum atomic E-state index is 13.9. The van der Waals surface area contributed by atoms with Crippen molar-refractivity contribution in [3.63, 3.8) is 0 Å². The predicted octanol–water partition coefficient (Wildman–Crippen LogP) is 2.57. The number of sulfonamides is 1. The van der Waals surface area contributed by atoms with Crippen molar-refractivity contribution in [3.8, 4) is 11.5 Å². The van der Waals surface area contributed by atoms with Crippen molar-refractivity contribution in [2.75, 3.05) is 40.4 Å². The van der Waals surface area contributed by atoms with Crippen LogP contribution in [0.1, 0.15) is 5.56 Å². The number of nitrogens with zero attached hydrogens (tertiary/aromatic N) is 2. The second-order valence-electron chi connectivity index (χ2n) is 6.68. The average molecular weight is 457 g/mol. The SMILES string of the molecule is COc1ccc(S(=O)(=O)N2CCN(C(=O)Cc3c(F)cccc3Cl)CC2)cc1OC. The number of hydrogen-bond acceptors (Lipinski definition) is 5. The topological polar surface area (TPSA) is 76.2 Å². The fourth-order valence-electron chi connectivity index (χ4n) is 3.27. The Morgan fingerprint density at radius 2 is 1.73 bits per heavy atom. The van der Waals surface area contributed by atoms with E-state index < -0.39 is 15.8 Å². The molecule has 0 N–H and O–H groups in total. The average Bonchev–Trinajstić information content (AvgIpc) is 2.75. The first-order valence-electron chi connectivity index (χ1n) is 9.20. The summed E-state index contributed by atoms with van der Waals surface area (Å²) in [6.45, 7) is 0.676. The number of benzene rings is 2. The standard InChI is InChI=1S/C20H22ClFN2O5S/c1-28-18-7-6-14(12-19(18)29-2)30(26,27)24-10-8-23(9-11-24)20(25)13-15-16(21)4-3-5-17(15)22/h3-7,12H,8-11,13H2,1-2H3. The van der Waals surface area contributed by atoms with Gasteiger partial charge in [0.15, 0.2) is 11.5 Å². The molecule has 0 bridgehead atoms. The Balaban J connectivity index is 1.68. The van der Waals surface area contributed by atoms with Crippen LogP contribution in [0.4, 0.5) is 4.39 Å². The van der Waals surface area contributed by atoms with Gasteiger partial charge in [0.25, 0.3) is 0 Å². The van der Waals surface area contributed by atoms with Crippen molar-refractivity contribution in [1.29, 1.82) is 0 Å². The Morgan fingerprint density at radius 3 is 2.33 bits per heavy atom. The Morgan fingerprint density at radius 1 is 1.07 bits per heavy atom. The molecule has 0 saturated carbocycles. The summed E-state index contributed by atoms with van der Waals surface area (Å²) in [4.78, 5) is 14.2. The van der Waals surface area contributed by atoms with Crippen LogP contribution in [0.15, 0.2) is 41.3 Å². The summed E-state index contributed by atoms with van der Waals surface area (Å²) >= 11 is 5.99. The van der Waals surface area contributed by atoms with Gasteiger partial charge in [-0.25, -0.2) is 12.8 Å². The molecule has 0 unspecified atom stereocenters. The third-order valence-electron chi connectivity index (χ3n) is 4.97. The van der Waals surface area contributed by atoms with Crippen molar-refractivity contribution in [1.82, 2.24) is 9.21 Å². The lowest BCUT2D eigenvalue weighted by Gasteiger charge is -2.34. The second kappa shape index (κ2) is 9.20. The van der Waals surface area contributed by atoms with Gasteiger partial charge >= 0.3 is 0 Å². The molecular formula is C20H22ClFN2O5S. The van der Waals surface area contributed by atoms with Crippen LogP contribution in [0.5, 0.6) is 11.5 Å². The molecule has 0 aliphatic carbocycles. The van der Waals surface area contributed by atoms with Crippen molar-refractivity contribution in [3.05, 3.63) is 52.8 Å². The van der Waals surface area contributed by atoms with Crippen LogP contribution in [0.3, 0.4) is 0 Å². The highest BCUT2D eigenvalue weighted by molar-refractivity contribution is 7.89. The number of hydrogen-bond donors (Lipinski definition) is 0. The third kappa shape index (κ3) is 4.53. The molecule has 162 valence electrons. The first-order valence-corrected chi connectivity index (χ1v) is 11.0. The first kappa shape index (κ1) is 22.3. The lowest BCUT2D eigenvalue weighted by atomic mass is 10.1. The van der Waals surface area contributed by atoms with Gasteiger partial charge < -0.3 is 14.4 Å². The van der Waals surface area contributed by atoms with Gasteiger partial charge in [0.05, 0.1) is 25.5 Å². The molecule has 0 atom stereocenters. The summed E-state index contributed by atoms with van der Waals surface area (Å²) in [5.41, 5.74) is 0.143. The van der Waals surface area contributed by atoms with Gasteiger partial charge in [-0.3, -0.25) is 4.79 Å². The quantitative estimate of drug-likeness (QED) is 0.667. The maximum Gasteiger partial charge on any atom is 0.243 e. The first-order chi connectivity index (χ1) is 14.3. The summed E-state index contributed by atoms with van der Waals surface area (Å²) in [6.07, 6.45) is -0.173. The molecule has 1 amide bonds. The van der Waals surface area contributed by atoms with Gasteiger partial charge in [-0.2, -0.15) is 4.31 Å². The van der Waals surface area contributed by atoms with Crippen molar-refractivity contribution >= 4 is 27.5 Å². The van der Waals surface area contributed by atoms with E-state index in [4.69, 9.17) is 21.1 Å². The number of methoxy groups -OCH3 is 2. The van der Waals surface area contributed by atoms with Crippen LogP contribution in [-0.4, -0.2) is 63.9 Å². The summed E-state index contributed by atoms with van der Waals surface area (Å²) in [6, 6.07) is 8.65.